The number of allylic oxidation sites excluding steroid dienone is 3. The third-order valence-electron chi connectivity index (χ3n) is 2.43. The summed E-state index contributed by atoms with van der Waals surface area (Å²) in [5.74, 6) is 2.99. The predicted octanol–water partition coefficient (Wildman–Crippen LogP) is 2.04. The number of hydrogen-bond donors (Lipinski definition) is 0. The van der Waals surface area contributed by atoms with E-state index in [1.165, 1.54) is 0 Å². The van der Waals surface area contributed by atoms with Crippen molar-refractivity contribution in [2.45, 2.75) is 13.8 Å². The minimum atomic E-state index is 0.395. The Bertz CT molecular complexity index is 228. The van der Waals surface area contributed by atoms with Gasteiger partial charge in [-0.3, -0.25) is 0 Å². The van der Waals surface area contributed by atoms with E-state index in [1.807, 2.05) is 6.08 Å². The number of hydrogen-bond acceptors (Lipinski definition) is 2. The third-order valence-corrected chi connectivity index (χ3v) is 2.43. The summed E-state index contributed by atoms with van der Waals surface area (Å²) in [6, 6.07) is 0. The molecule has 1 aliphatic carbocycles. The normalized spacial score (nSPS) is 34.7. The van der Waals surface area contributed by atoms with Gasteiger partial charge in [0.25, 0.3) is 0 Å². The van der Waals surface area contributed by atoms with Gasteiger partial charge in [0.2, 0.25) is 6.79 Å². The SMILES string of the molecule is CC1C=CC2=C(OCO2)C1C. The van der Waals surface area contributed by atoms with Gasteiger partial charge in [-0.25, -0.2) is 0 Å². The van der Waals surface area contributed by atoms with Gasteiger partial charge in [0.15, 0.2) is 5.76 Å². The van der Waals surface area contributed by atoms with Crippen molar-refractivity contribution in [2.24, 2.45) is 11.8 Å². The van der Waals surface area contributed by atoms with Gasteiger partial charge >= 0.3 is 0 Å². The van der Waals surface area contributed by atoms with Crippen LogP contribution in [0.3, 0.4) is 0 Å². The second kappa shape index (κ2) is 2.29. The Morgan fingerprint density at radius 3 is 3.00 bits per heavy atom. The number of ether oxygens (including phenoxy) is 2. The zero-order valence-electron chi connectivity index (χ0n) is 6.83. The van der Waals surface area contributed by atoms with Gasteiger partial charge in [0.1, 0.15) is 5.76 Å². The fourth-order valence-corrected chi connectivity index (χ4v) is 1.43. The van der Waals surface area contributed by atoms with E-state index in [0.717, 1.165) is 11.5 Å². The van der Waals surface area contributed by atoms with Crippen molar-refractivity contribution in [3.05, 3.63) is 23.7 Å². The maximum absolute atomic E-state index is 5.35. The highest BCUT2D eigenvalue weighted by molar-refractivity contribution is 5.25. The summed E-state index contributed by atoms with van der Waals surface area (Å²) >= 11 is 0. The molecule has 2 heteroatoms. The van der Waals surface area contributed by atoms with Crippen LogP contribution in [-0.2, 0) is 9.47 Å². The average molecular weight is 152 g/mol. The lowest BCUT2D eigenvalue weighted by atomic mass is 9.89. The molecule has 60 valence electrons. The maximum atomic E-state index is 5.35. The Labute approximate surface area is 66.5 Å². The molecule has 2 aliphatic rings. The fraction of sp³-hybridized carbons (Fsp3) is 0.556. The molecule has 0 aromatic rings. The molecule has 0 aromatic carbocycles. The molecule has 2 nitrogen and oxygen atoms in total. The predicted molar refractivity (Wildman–Crippen MR) is 41.5 cm³/mol. The topological polar surface area (TPSA) is 18.5 Å². The first kappa shape index (κ1) is 6.77. The highest BCUT2D eigenvalue weighted by atomic mass is 16.7. The fourth-order valence-electron chi connectivity index (χ4n) is 1.43. The first-order valence-corrected chi connectivity index (χ1v) is 3.97. The van der Waals surface area contributed by atoms with E-state index in [4.69, 9.17) is 9.47 Å². The first-order valence-electron chi connectivity index (χ1n) is 3.97. The van der Waals surface area contributed by atoms with Gasteiger partial charge < -0.3 is 9.47 Å². The van der Waals surface area contributed by atoms with E-state index in [9.17, 15) is 0 Å². The molecule has 0 radical (unpaired) electrons. The van der Waals surface area contributed by atoms with Crippen LogP contribution < -0.4 is 0 Å². The molecule has 0 saturated carbocycles. The van der Waals surface area contributed by atoms with Crippen LogP contribution in [0, 0.1) is 11.8 Å². The molecule has 0 N–H and O–H groups in total. The van der Waals surface area contributed by atoms with Crippen molar-refractivity contribution in [3.63, 3.8) is 0 Å². The Balaban J connectivity index is 2.30. The molecule has 1 heterocycles. The van der Waals surface area contributed by atoms with Crippen molar-refractivity contribution in [3.8, 4) is 0 Å². The van der Waals surface area contributed by atoms with Crippen LogP contribution in [0.4, 0.5) is 0 Å². The Kier molecular flexibility index (Phi) is 1.41. The third kappa shape index (κ3) is 0.934. The van der Waals surface area contributed by atoms with E-state index < -0.39 is 0 Å². The molecule has 0 bridgehead atoms. The van der Waals surface area contributed by atoms with E-state index in [2.05, 4.69) is 19.9 Å². The summed E-state index contributed by atoms with van der Waals surface area (Å²) in [4.78, 5) is 0. The quantitative estimate of drug-likeness (QED) is 0.529. The first-order chi connectivity index (χ1) is 5.29. The van der Waals surface area contributed by atoms with Crippen molar-refractivity contribution >= 4 is 0 Å². The van der Waals surface area contributed by atoms with Crippen molar-refractivity contribution in [1.82, 2.24) is 0 Å². The van der Waals surface area contributed by atoms with E-state index in [0.29, 0.717) is 18.6 Å². The zero-order chi connectivity index (χ0) is 7.84. The van der Waals surface area contributed by atoms with Crippen molar-refractivity contribution < 1.29 is 9.47 Å². The summed E-state index contributed by atoms with van der Waals surface area (Å²) in [6.07, 6.45) is 4.17. The lowest BCUT2D eigenvalue weighted by Crippen LogP contribution is -2.12. The Hall–Kier alpha value is -0.920. The van der Waals surface area contributed by atoms with Gasteiger partial charge in [-0.05, 0) is 12.0 Å². The molecule has 0 fully saturated rings. The highest BCUT2D eigenvalue weighted by Gasteiger charge is 2.27. The van der Waals surface area contributed by atoms with Gasteiger partial charge in [-0.1, -0.05) is 19.9 Å². The van der Waals surface area contributed by atoms with E-state index in [1.54, 1.807) is 0 Å². The molecule has 0 saturated heterocycles. The molecule has 2 rings (SSSR count). The molecule has 0 amide bonds. The van der Waals surface area contributed by atoms with Crippen LogP contribution in [-0.4, -0.2) is 6.79 Å². The summed E-state index contributed by atoms with van der Waals surface area (Å²) in [6.45, 7) is 4.75. The summed E-state index contributed by atoms with van der Waals surface area (Å²) in [5.41, 5.74) is 0. The lowest BCUT2D eigenvalue weighted by Gasteiger charge is -2.19. The van der Waals surface area contributed by atoms with Gasteiger partial charge in [0.05, 0.1) is 0 Å². The standard InChI is InChI=1S/C9H12O2/c1-6-3-4-8-9(7(6)2)11-5-10-8/h3-4,6-7H,5H2,1-2H3. The minimum absolute atomic E-state index is 0.395. The van der Waals surface area contributed by atoms with Crippen LogP contribution in [0.2, 0.25) is 0 Å². The summed E-state index contributed by atoms with van der Waals surface area (Å²) in [5, 5.41) is 0. The van der Waals surface area contributed by atoms with E-state index in [-0.39, 0.29) is 0 Å². The average Bonchev–Trinajstić information content (AvgIpc) is 2.45. The Morgan fingerprint density at radius 2 is 2.18 bits per heavy atom. The van der Waals surface area contributed by atoms with E-state index >= 15 is 0 Å². The van der Waals surface area contributed by atoms with Crippen LogP contribution in [0.15, 0.2) is 23.7 Å². The number of rotatable bonds is 0. The summed E-state index contributed by atoms with van der Waals surface area (Å²) in [7, 11) is 0. The molecule has 0 spiro atoms. The van der Waals surface area contributed by atoms with Crippen LogP contribution in [0.1, 0.15) is 13.8 Å². The van der Waals surface area contributed by atoms with Crippen LogP contribution in [0.25, 0.3) is 0 Å². The zero-order valence-corrected chi connectivity index (χ0v) is 6.83. The van der Waals surface area contributed by atoms with Crippen LogP contribution >= 0.6 is 0 Å². The maximum Gasteiger partial charge on any atom is 0.230 e. The van der Waals surface area contributed by atoms with Crippen molar-refractivity contribution in [1.29, 1.82) is 0 Å². The summed E-state index contributed by atoms with van der Waals surface area (Å²) < 4.78 is 10.6. The van der Waals surface area contributed by atoms with Crippen molar-refractivity contribution in [2.75, 3.05) is 6.79 Å². The molecule has 2 atom stereocenters. The molecule has 2 unspecified atom stereocenters. The van der Waals surface area contributed by atoms with Gasteiger partial charge in [0, 0.05) is 5.92 Å². The second-order valence-electron chi connectivity index (χ2n) is 3.14. The monoisotopic (exact) mass is 152 g/mol. The molecular formula is C9H12O2. The second-order valence-corrected chi connectivity index (χ2v) is 3.14. The molecule has 0 aromatic heterocycles. The highest BCUT2D eigenvalue weighted by Crippen LogP contribution is 2.33. The molecular weight excluding hydrogens is 140 g/mol. The van der Waals surface area contributed by atoms with Gasteiger partial charge in [-0.15, -0.1) is 0 Å². The minimum Gasteiger partial charge on any atom is -0.458 e. The molecule has 11 heavy (non-hydrogen) atoms. The Morgan fingerprint density at radius 1 is 1.36 bits per heavy atom. The largest absolute Gasteiger partial charge is 0.458 e. The lowest BCUT2D eigenvalue weighted by molar-refractivity contribution is 0.0657. The van der Waals surface area contributed by atoms with Gasteiger partial charge in [-0.2, -0.15) is 0 Å². The smallest absolute Gasteiger partial charge is 0.230 e. The van der Waals surface area contributed by atoms with Crippen LogP contribution in [0.5, 0.6) is 0 Å². The molecule has 1 aliphatic heterocycles.